The highest BCUT2D eigenvalue weighted by Crippen LogP contribution is 2.50. The third kappa shape index (κ3) is 5.77. The standard InChI is InChI=1S/C22H29N3O3S2/c1-15(2)14-23-21(27)24-17-7-5-6-16(12-17)18-8-9-19(30-18)22(13-20(26)25-28)10-3-4-11-29-22/h5-9,12,15,28H,3-4,10-11,13-14H2,1-2H3,(H,25,26)(H2,23,24,27)/t22-/m0/s1. The lowest BCUT2D eigenvalue weighted by atomic mass is 9.94. The van der Waals surface area contributed by atoms with Crippen LogP contribution >= 0.6 is 23.1 Å². The molecule has 0 spiro atoms. The summed E-state index contributed by atoms with van der Waals surface area (Å²) in [7, 11) is 0. The van der Waals surface area contributed by atoms with Gasteiger partial charge in [0.1, 0.15) is 0 Å². The predicted octanol–water partition coefficient (Wildman–Crippen LogP) is 5.20. The van der Waals surface area contributed by atoms with Crippen LogP contribution in [0.5, 0.6) is 0 Å². The van der Waals surface area contributed by atoms with Crippen LogP contribution < -0.4 is 16.1 Å². The van der Waals surface area contributed by atoms with Crippen molar-refractivity contribution in [2.75, 3.05) is 17.6 Å². The highest BCUT2D eigenvalue weighted by Gasteiger charge is 2.38. The molecule has 0 unspecified atom stereocenters. The molecule has 3 amide bonds. The van der Waals surface area contributed by atoms with E-state index >= 15 is 0 Å². The number of rotatable bonds is 7. The predicted molar refractivity (Wildman–Crippen MR) is 124 cm³/mol. The van der Waals surface area contributed by atoms with E-state index in [1.807, 2.05) is 36.0 Å². The first-order valence-corrected chi connectivity index (χ1v) is 12.0. The number of anilines is 1. The number of benzene rings is 1. The highest BCUT2D eigenvalue weighted by atomic mass is 32.2. The molecule has 2 heterocycles. The topological polar surface area (TPSA) is 90.5 Å². The summed E-state index contributed by atoms with van der Waals surface area (Å²) in [6.45, 7) is 4.73. The summed E-state index contributed by atoms with van der Waals surface area (Å²) in [5, 5.41) is 14.8. The van der Waals surface area contributed by atoms with Crippen molar-refractivity contribution in [2.24, 2.45) is 5.92 Å². The summed E-state index contributed by atoms with van der Waals surface area (Å²) < 4.78 is -0.291. The van der Waals surface area contributed by atoms with E-state index < -0.39 is 0 Å². The van der Waals surface area contributed by atoms with Crippen molar-refractivity contribution in [1.29, 1.82) is 0 Å². The molecule has 1 aromatic heterocycles. The first kappa shape index (κ1) is 22.7. The number of nitrogens with one attached hydrogen (secondary N) is 3. The summed E-state index contributed by atoms with van der Waals surface area (Å²) in [5.74, 6) is 1.05. The van der Waals surface area contributed by atoms with Crippen molar-refractivity contribution in [3.05, 3.63) is 41.3 Å². The summed E-state index contributed by atoms with van der Waals surface area (Å²) in [5.41, 5.74) is 3.56. The van der Waals surface area contributed by atoms with Crippen molar-refractivity contribution in [3.63, 3.8) is 0 Å². The van der Waals surface area contributed by atoms with Crippen molar-refractivity contribution in [3.8, 4) is 10.4 Å². The molecule has 0 radical (unpaired) electrons. The molecule has 1 aliphatic heterocycles. The van der Waals surface area contributed by atoms with E-state index in [1.54, 1.807) is 16.8 Å². The maximum absolute atomic E-state index is 12.1. The number of thiophene rings is 1. The summed E-state index contributed by atoms with van der Waals surface area (Å²) in [6.07, 6.45) is 3.41. The van der Waals surface area contributed by atoms with Gasteiger partial charge in [-0.05, 0) is 54.3 Å². The average Bonchev–Trinajstić information content (AvgIpc) is 3.24. The second kappa shape index (κ2) is 10.3. The Balaban J connectivity index is 1.78. The van der Waals surface area contributed by atoms with Crippen molar-refractivity contribution >= 4 is 40.7 Å². The van der Waals surface area contributed by atoms with E-state index in [-0.39, 0.29) is 23.1 Å². The number of hydroxylamine groups is 1. The van der Waals surface area contributed by atoms with Gasteiger partial charge in [0.2, 0.25) is 5.91 Å². The molecule has 8 heteroatoms. The zero-order valence-corrected chi connectivity index (χ0v) is 19.0. The molecule has 1 saturated heterocycles. The molecule has 4 N–H and O–H groups in total. The summed E-state index contributed by atoms with van der Waals surface area (Å²) in [4.78, 5) is 26.3. The molecule has 162 valence electrons. The molecule has 6 nitrogen and oxygen atoms in total. The second-order valence-corrected chi connectivity index (χ2v) is 10.5. The number of urea groups is 1. The Labute approximate surface area is 185 Å². The molecule has 1 fully saturated rings. The zero-order chi connectivity index (χ0) is 21.6. The van der Waals surface area contributed by atoms with Crippen LogP contribution in [0.1, 0.15) is 44.4 Å². The van der Waals surface area contributed by atoms with Crippen LogP contribution in [0.4, 0.5) is 10.5 Å². The highest BCUT2D eigenvalue weighted by molar-refractivity contribution is 8.00. The van der Waals surface area contributed by atoms with Gasteiger partial charge in [-0.15, -0.1) is 23.1 Å². The first-order valence-electron chi connectivity index (χ1n) is 10.2. The first-order chi connectivity index (χ1) is 14.4. The Morgan fingerprint density at radius 3 is 2.73 bits per heavy atom. The Bertz CT molecular complexity index is 876. The van der Waals surface area contributed by atoms with Gasteiger partial charge in [0.05, 0.1) is 4.75 Å². The van der Waals surface area contributed by atoms with Crippen LogP contribution in [-0.2, 0) is 9.54 Å². The minimum absolute atomic E-state index is 0.208. The van der Waals surface area contributed by atoms with Gasteiger partial charge in [-0.1, -0.05) is 32.4 Å². The average molecular weight is 448 g/mol. The van der Waals surface area contributed by atoms with Crippen molar-refractivity contribution in [2.45, 2.75) is 44.3 Å². The lowest BCUT2D eigenvalue weighted by Crippen LogP contribution is -2.32. The van der Waals surface area contributed by atoms with Crippen molar-refractivity contribution in [1.82, 2.24) is 10.8 Å². The van der Waals surface area contributed by atoms with Gasteiger partial charge in [0, 0.05) is 28.4 Å². The number of hydrogen-bond donors (Lipinski definition) is 4. The van der Waals surface area contributed by atoms with Gasteiger partial charge < -0.3 is 10.6 Å². The second-order valence-electron chi connectivity index (χ2n) is 7.99. The third-order valence-corrected chi connectivity index (χ3v) is 8.14. The molecule has 2 aromatic rings. The zero-order valence-electron chi connectivity index (χ0n) is 17.4. The minimum Gasteiger partial charge on any atom is -0.338 e. The number of amides is 3. The van der Waals surface area contributed by atoms with Crippen LogP contribution in [0.15, 0.2) is 36.4 Å². The molecular weight excluding hydrogens is 418 g/mol. The smallest absolute Gasteiger partial charge is 0.319 e. The molecule has 0 saturated carbocycles. The van der Waals surface area contributed by atoms with E-state index in [1.165, 1.54) is 0 Å². The van der Waals surface area contributed by atoms with Crippen LogP contribution in [0.25, 0.3) is 10.4 Å². The van der Waals surface area contributed by atoms with Crippen LogP contribution in [-0.4, -0.2) is 29.4 Å². The molecule has 1 aliphatic rings. The number of thioether (sulfide) groups is 1. The van der Waals surface area contributed by atoms with Gasteiger partial charge in [0.15, 0.2) is 0 Å². The van der Waals surface area contributed by atoms with E-state index in [4.69, 9.17) is 5.21 Å². The molecule has 3 rings (SSSR count). The summed E-state index contributed by atoms with van der Waals surface area (Å²) in [6, 6.07) is 11.7. The largest absolute Gasteiger partial charge is 0.338 e. The fourth-order valence-electron chi connectivity index (χ4n) is 3.53. The van der Waals surface area contributed by atoms with Gasteiger partial charge >= 0.3 is 6.03 Å². The Kier molecular flexibility index (Phi) is 7.80. The quantitative estimate of drug-likeness (QED) is 0.347. The Morgan fingerprint density at radius 1 is 1.20 bits per heavy atom. The van der Waals surface area contributed by atoms with E-state index in [0.29, 0.717) is 12.5 Å². The van der Waals surface area contributed by atoms with E-state index in [0.717, 1.165) is 46.0 Å². The number of carbonyl (C=O) groups excluding carboxylic acids is 2. The normalized spacial score (nSPS) is 18.8. The lowest BCUT2D eigenvalue weighted by molar-refractivity contribution is -0.129. The van der Waals surface area contributed by atoms with E-state index in [9.17, 15) is 9.59 Å². The summed E-state index contributed by atoms with van der Waals surface area (Å²) >= 11 is 3.48. The Morgan fingerprint density at radius 2 is 2.03 bits per heavy atom. The molecule has 0 aliphatic carbocycles. The van der Waals surface area contributed by atoms with Gasteiger partial charge in [-0.2, -0.15) is 0 Å². The van der Waals surface area contributed by atoms with E-state index in [2.05, 4.69) is 36.6 Å². The van der Waals surface area contributed by atoms with Crippen LogP contribution in [0.2, 0.25) is 0 Å². The van der Waals surface area contributed by atoms with Crippen LogP contribution in [0.3, 0.4) is 0 Å². The third-order valence-electron chi connectivity index (χ3n) is 5.05. The molecule has 1 aromatic carbocycles. The van der Waals surface area contributed by atoms with Crippen LogP contribution in [0, 0.1) is 5.92 Å². The number of hydrogen-bond acceptors (Lipinski definition) is 5. The monoisotopic (exact) mass is 447 g/mol. The minimum atomic E-state index is -0.349. The maximum atomic E-state index is 12.1. The van der Waals surface area contributed by atoms with Gasteiger partial charge in [-0.25, -0.2) is 10.3 Å². The Hall–Kier alpha value is -2.03. The van der Waals surface area contributed by atoms with Crippen molar-refractivity contribution < 1.29 is 14.8 Å². The van der Waals surface area contributed by atoms with Gasteiger partial charge in [0.25, 0.3) is 0 Å². The molecular formula is C22H29N3O3S2. The fraction of sp³-hybridized carbons (Fsp3) is 0.455. The molecule has 1 atom stereocenters. The lowest BCUT2D eigenvalue weighted by Gasteiger charge is -2.35. The fourth-order valence-corrected chi connectivity index (χ4v) is 6.42. The SMILES string of the molecule is CC(C)CNC(=O)Nc1cccc(-c2ccc([C@@]3(CC(=O)NO)CCCCS3)s2)c1. The molecule has 30 heavy (non-hydrogen) atoms. The number of carbonyl (C=O) groups is 2. The molecule has 0 bridgehead atoms. The maximum Gasteiger partial charge on any atom is 0.319 e. The van der Waals surface area contributed by atoms with Gasteiger partial charge in [-0.3, -0.25) is 10.0 Å².